The van der Waals surface area contributed by atoms with Gasteiger partial charge in [-0.15, -0.1) is 0 Å². The molecule has 2 rings (SSSR count). The number of carbonyl (C=O) groups is 2. The molecule has 2 amide bonds. The average Bonchev–Trinajstić information content (AvgIpc) is 2.62. The minimum Gasteiger partial charge on any atom is -0.447 e. The van der Waals surface area contributed by atoms with E-state index in [2.05, 4.69) is 10.6 Å². The Kier molecular flexibility index (Phi) is 8.39. The van der Waals surface area contributed by atoms with E-state index >= 15 is 0 Å². The molecule has 6 heteroatoms. The highest BCUT2D eigenvalue weighted by molar-refractivity contribution is 5.81. The van der Waals surface area contributed by atoms with Crippen LogP contribution in [0.5, 0.6) is 0 Å². The molecule has 6 nitrogen and oxygen atoms in total. The molecule has 2 saturated carbocycles. The molecule has 27 heavy (non-hydrogen) atoms. The summed E-state index contributed by atoms with van der Waals surface area (Å²) in [6.45, 7) is 5.81. The molecule has 0 heterocycles. The smallest absolute Gasteiger partial charge is 0.407 e. The normalized spacial score (nSPS) is 29.0. The fourth-order valence-electron chi connectivity index (χ4n) is 4.30. The van der Waals surface area contributed by atoms with E-state index < -0.39 is 6.09 Å². The van der Waals surface area contributed by atoms with Gasteiger partial charge in [0.05, 0.1) is 6.61 Å². The Balaban J connectivity index is 1.62. The zero-order chi connectivity index (χ0) is 19.9. The van der Waals surface area contributed by atoms with Crippen molar-refractivity contribution < 1.29 is 19.4 Å². The van der Waals surface area contributed by atoms with Crippen LogP contribution in [-0.2, 0) is 9.53 Å². The monoisotopic (exact) mass is 382 g/mol. The lowest BCUT2D eigenvalue weighted by atomic mass is 9.75. The molecule has 0 aromatic carbocycles. The third kappa shape index (κ3) is 7.68. The minimum atomic E-state index is -0.414. The van der Waals surface area contributed by atoms with Crippen molar-refractivity contribution in [3.63, 3.8) is 0 Å². The summed E-state index contributed by atoms with van der Waals surface area (Å²) in [7, 11) is 0. The summed E-state index contributed by atoms with van der Waals surface area (Å²) in [5.74, 6) is 1.69. The lowest BCUT2D eigenvalue weighted by molar-refractivity contribution is -0.129. The first-order chi connectivity index (χ1) is 12.8. The molecule has 0 radical (unpaired) electrons. The molecule has 0 atom stereocenters. The third-order valence-corrected chi connectivity index (χ3v) is 6.02. The van der Waals surface area contributed by atoms with Crippen LogP contribution in [0.25, 0.3) is 0 Å². The van der Waals surface area contributed by atoms with E-state index in [1.807, 2.05) is 20.8 Å². The van der Waals surface area contributed by atoms with Crippen LogP contribution in [0.15, 0.2) is 0 Å². The van der Waals surface area contributed by atoms with Crippen molar-refractivity contribution in [3.8, 4) is 0 Å². The van der Waals surface area contributed by atoms with E-state index in [1.165, 1.54) is 19.3 Å². The van der Waals surface area contributed by atoms with Gasteiger partial charge in [0.25, 0.3) is 0 Å². The molecule has 0 aliphatic heterocycles. The van der Waals surface area contributed by atoms with Crippen molar-refractivity contribution in [2.45, 2.75) is 90.6 Å². The van der Waals surface area contributed by atoms with Gasteiger partial charge in [0, 0.05) is 17.5 Å². The summed E-state index contributed by atoms with van der Waals surface area (Å²) < 4.78 is 4.87. The van der Waals surface area contributed by atoms with Crippen molar-refractivity contribution in [1.82, 2.24) is 10.6 Å². The van der Waals surface area contributed by atoms with Gasteiger partial charge in [0.2, 0.25) is 5.91 Å². The van der Waals surface area contributed by atoms with Gasteiger partial charge in [-0.25, -0.2) is 4.79 Å². The Bertz CT molecular complexity index is 473. The number of rotatable bonds is 6. The van der Waals surface area contributed by atoms with E-state index in [0.29, 0.717) is 6.04 Å². The number of carbonyl (C=O) groups excluding carboxylic acids is 2. The summed E-state index contributed by atoms with van der Waals surface area (Å²) in [6.07, 6.45) is 9.81. The molecule has 0 unspecified atom stereocenters. The summed E-state index contributed by atoms with van der Waals surface area (Å²) in [6, 6.07) is 0.550. The highest BCUT2D eigenvalue weighted by Crippen LogP contribution is 2.35. The summed E-state index contributed by atoms with van der Waals surface area (Å²) >= 11 is 0. The molecule has 3 N–H and O–H groups in total. The topological polar surface area (TPSA) is 87.7 Å². The maximum absolute atomic E-state index is 12.1. The number of aliphatic hydroxyl groups is 1. The van der Waals surface area contributed by atoms with Crippen molar-refractivity contribution in [1.29, 1.82) is 0 Å². The fourth-order valence-corrected chi connectivity index (χ4v) is 4.30. The zero-order valence-corrected chi connectivity index (χ0v) is 17.3. The fraction of sp³-hybridized carbons (Fsp3) is 0.905. The quantitative estimate of drug-likeness (QED) is 0.657. The Morgan fingerprint density at radius 2 is 1.37 bits per heavy atom. The standard InChI is InChI=1S/C21H38N2O4/c1-21(2,3)19(25)22-17-8-4-15(5-9-17)14-16-6-10-18(11-7-16)23-20(26)27-13-12-24/h15-18,24H,4-14H2,1-3H3,(H,22,25)(H,23,26). The minimum absolute atomic E-state index is 0.0556. The van der Waals surface area contributed by atoms with Gasteiger partial charge < -0.3 is 20.5 Å². The summed E-state index contributed by atoms with van der Waals surface area (Å²) in [5, 5.41) is 14.8. The van der Waals surface area contributed by atoms with E-state index in [-0.39, 0.29) is 30.6 Å². The first-order valence-electron chi connectivity index (χ1n) is 10.6. The molecular weight excluding hydrogens is 344 g/mol. The molecule has 2 aliphatic rings. The first-order valence-corrected chi connectivity index (χ1v) is 10.6. The third-order valence-electron chi connectivity index (χ3n) is 6.02. The molecular formula is C21H38N2O4. The number of ether oxygens (including phenoxy) is 1. The Morgan fingerprint density at radius 1 is 0.889 bits per heavy atom. The van der Waals surface area contributed by atoms with Gasteiger partial charge >= 0.3 is 6.09 Å². The molecule has 2 fully saturated rings. The molecule has 0 bridgehead atoms. The molecule has 0 aromatic heterocycles. The van der Waals surface area contributed by atoms with Crippen LogP contribution in [0, 0.1) is 17.3 Å². The number of amides is 2. The highest BCUT2D eigenvalue weighted by Gasteiger charge is 2.30. The Hall–Kier alpha value is -1.30. The van der Waals surface area contributed by atoms with Gasteiger partial charge in [-0.2, -0.15) is 0 Å². The number of aliphatic hydroxyl groups excluding tert-OH is 1. The maximum atomic E-state index is 12.1. The van der Waals surface area contributed by atoms with Crippen LogP contribution >= 0.6 is 0 Å². The van der Waals surface area contributed by atoms with Crippen LogP contribution in [0.4, 0.5) is 4.79 Å². The van der Waals surface area contributed by atoms with Gasteiger partial charge in [0.1, 0.15) is 6.61 Å². The predicted molar refractivity (Wildman–Crippen MR) is 105 cm³/mol. The second-order valence-electron chi connectivity index (χ2n) is 9.40. The van der Waals surface area contributed by atoms with Crippen LogP contribution in [0.3, 0.4) is 0 Å². The van der Waals surface area contributed by atoms with E-state index in [4.69, 9.17) is 9.84 Å². The van der Waals surface area contributed by atoms with Gasteiger partial charge in [0.15, 0.2) is 0 Å². The number of nitrogens with one attached hydrogen (secondary N) is 2. The zero-order valence-electron chi connectivity index (χ0n) is 17.3. The summed E-state index contributed by atoms with van der Waals surface area (Å²) in [5.41, 5.74) is -0.311. The van der Waals surface area contributed by atoms with Crippen molar-refractivity contribution in [2.75, 3.05) is 13.2 Å². The van der Waals surface area contributed by atoms with Gasteiger partial charge in [-0.05, 0) is 69.6 Å². The molecule has 0 aromatic rings. The number of hydrogen-bond donors (Lipinski definition) is 3. The van der Waals surface area contributed by atoms with Gasteiger partial charge in [-0.1, -0.05) is 20.8 Å². The first kappa shape index (κ1) is 22.0. The molecule has 0 saturated heterocycles. The van der Waals surface area contributed by atoms with Crippen LogP contribution in [0.1, 0.15) is 78.6 Å². The van der Waals surface area contributed by atoms with Crippen molar-refractivity contribution >= 4 is 12.0 Å². The molecule has 2 aliphatic carbocycles. The summed E-state index contributed by atoms with van der Waals surface area (Å²) in [4.78, 5) is 23.7. The second kappa shape index (κ2) is 10.3. The highest BCUT2D eigenvalue weighted by atomic mass is 16.6. The lowest BCUT2D eigenvalue weighted by Crippen LogP contribution is -2.43. The average molecular weight is 383 g/mol. The SMILES string of the molecule is CC(C)(C)C(=O)NC1CCC(CC2CCC(NC(=O)OCCO)CC2)CC1. The predicted octanol–water partition coefficient (Wildman–Crippen LogP) is 3.37. The Morgan fingerprint density at radius 3 is 1.81 bits per heavy atom. The Labute approximate surface area is 163 Å². The molecule has 0 spiro atoms. The van der Waals surface area contributed by atoms with Crippen LogP contribution in [0.2, 0.25) is 0 Å². The second-order valence-corrected chi connectivity index (χ2v) is 9.40. The largest absolute Gasteiger partial charge is 0.447 e. The van der Waals surface area contributed by atoms with E-state index in [0.717, 1.165) is 50.4 Å². The molecule has 156 valence electrons. The van der Waals surface area contributed by atoms with Crippen molar-refractivity contribution in [3.05, 3.63) is 0 Å². The van der Waals surface area contributed by atoms with E-state index in [9.17, 15) is 9.59 Å². The van der Waals surface area contributed by atoms with Crippen LogP contribution < -0.4 is 10.6 Å². The number of hydrogen-bond acceptors (Lipinski definition) is 4. The van der Waals surface area contributed by atoms with Crippen LogP contribution in [-0.4, -0.2) is 42.4 Å². The van der Waals surface area contributed by atoms with Crippen molar-refractivity contribution in [2.24, 2.45) is 17.3 Å². The maximum Gasteiger partial charge on any atom is 0.407 e. The lowest BCUT2D eigenvalue weighted by Gasteiger charge is -2.35. The van der Waals surface area contributed by atoms with Gasteiger partial charge in [-0.3, -0.25) is 4.79 Å². The van der Waals surface area contributed by atoms with E-state index in [1.54, 1.807) is 0 Å². The number of alkyl carbamates (subject to hydrolysis) is 1.